The summed E-state index contributed by atoms with van der Waals surface area (Å²) in [5, 5.41) is 8.52. The number of carbonyl (C=O) groups is 2. The number of aliphatic carboxylic acids is 1. The van der Waals surface area contributed by atoms with Crippen LogP contribution in [0, 0.1) is 0 Å². The van der Waals surface area contributed by atoms with Gasteiger partial charge in [-0.05, 0) is 34.1 Å². The second kappa shape index (κ2) is 6.48. The molecule has 0 fully saturated rings. The first kappa shape index (κ1) is 14.9. The summed E-state index contributed by atoms with van der Waals surface area (Å²) in [6, 6.07) is -0.576. The molecular formula is C11H22N2O3. The molecule has 0 saturated carbocycles. The number of hydrogen-bond acceptors (Lipinski definition) is 3. The van der Waals surface area contributed by atoms with Gasteiger partial charge in [0.05, 0.1) is 6.04 Å². The second-order valence-corrected chi connectivity index (χ2v) is 4.47. The topological polar surface area (TPSA) is 83.6 Å². The molecule has 0 bridgehead atoms. The minimum atomic E-state index is -0.927. The third kappa shape index (κ3) is 4.61. The zero-order valence-corrected chi connectivity index (χ0v) is 10.4. The Hall–Kier alpha value is -1.10. The number of rotatable bonds is 6. The van der Waals surface area contributed by atoms with Gasteiger partial charge in [0.15, 0.2) is 0 Å². The van der Waals surface area contributed by atoms with Crippen LogP contribution in [0.5, 0.6) is 0 Å². The van der Waals surface area contributed by atoms with Gasteiger partial charge in [-0.25, -0.2) is 0 Å². The van der Waals surface area contributed by atoms with Crippen LogP contribution in [0.3, 0.4) is 0 Å². The van der Waals surface area contributed by atoms with Crippen molar-refractivity contribution in [2.45, 2.75) is 58.7 Å². The van der Waals surface area contributed by atoms with Crippen molar-refractivity contribution in [1.29, 1.82) is 0 Å². The van der Waals surface area contributed by atoms with Crippen LogP contribution in [0.2, 0.25) is 0 Å². The number of carboxylic acids is 1. The summed E-state index contributed by atoms with van der Waals surface area (Å²) in [4.78, 5) is 24.0. The highest BCUT2D eigenvalue weighted by Gasteiger charge is 2.25. The van der Waals surface area contributed by atoms with Crippen LogP contribution in [-0.2, 0) is 9.59 Å². The molecule has 94 valence electrons. The minimum Gasteiger partial charge on any atom is -0.481 e. The molecule has 0 aliphatic heterocycles. The maximum absolute atomic E-state index is 11.9. The summed E-state index contributed by atoms with van der Waals surface area (Å²) in [6.07, 6.45) is 0.112. The Morgan fingerprint density at radius 1 is 1.19 bits per heavy atom. The van der Waals surface area contributed by atoms with E-state index in [0.717, 1.165) is 0 Å². The lowest BCUT2D eigenvalue weighted by Crippen LogP contribution is -2.50. The van der Waals surface area contributed by atoms with E-state index in [2.05, 4.69) is 0 Å². The highest BCUT2D eigenvalue weighted by molar-refractivity contribution is 5.82. The van der Waals surface area contributed by atoms with Gasteiger partial charge in [-0.3, -0.25) is 9.59 Å². The Balaban J connectivity index is 4.43. The van der Waals surface area contributed by atoms with E-state index in [9.17, 15) is 9.59 Å². The van der Waals surface area contributed by atoms with Crippen LogP contribution in [0.4, 0.5) is 0 Å². The Kier molecular flexibility index (Phi) is 6.03. The number of nitrogens with two attached hydrogens (primary N) is 1. The molecule has 0 aromatic rings. The summed E-state index contributed by atoms with van der Waals surface area (Å²) in [5.74, 6) is -1.10. The molecule has 0 aromatic heterocycles. The predicted molar refractivity (Wildman–Crippen MR) is 62.0 cm³/mol. The van der Waals surface area contributed by atoms with Gasteiger partial charge in [0.25, 0.3) is 0 Å². The van der Waals surface area contributed by atoms with Crippen molar-refractivity contribution in [3.05, 3.63) is 0 Å². The molecule has 0 spiro atoms. The van der Waals surface area contributed by atoms with Gasteiger partial charge < -0.3 is 15.7 Å². The summed E-state index contributed by atoms with van der Waals surface area (Å²) < 4.78 is 0. The molecular weight excluding hydrogens is 208 g/mol. The monoisotopic (exact) mass is 230 g/mol. The van der Waals surface area contributed by atoms with Crippen LogP contribution in [-0.4, -0.2) is 40.0 Å². The second-order valence-electron chi connectivity index (χ2n) is 4.47. The van der Waals surface area contributed by atoms with Crippen LogP contribution < -0.4 is 5.73 Å². The third-order valence-corrected chi connectivity index (χ3v) is 2.35. The maximum Gasteiger partial charge on any atom is 0.303 e. The van der Waals surface area contributed by atoms with Crippen LogP contribution >= 0.6 is 0 Å². The molecule has 0 rings (SSSR count). The van der Waals surface area contributed by atoms with Crippen molar-refractivity contribution in [3.63, 3.8) is 0 Å². The van der Waals surface area contributed by atoms with Crippen LogP contribution in [0.1, 0.15) is 40.5 Å². The lowest BCUT2D eigenvalue weighted by molar-refractivity contribution is -0.138. The van der Waals surface area contributed by atoms with Gasteiger partial charge in [0, 0.05) is 18.5 Å². The molecule has 5 heteroatoms. The average molecular weight is 230 g/mol. The van der Waals surface area contributed by atoms with E-state index in [0.29, 0.717) is 0 Å². The van der Waals surface area contributed by atoms with Gasteiger partial charge in [-0.2, -0.15) is 0 Å². The summed E-state index contributed by atoms with van der Waals surface area (Å²) in [5.41, 5.74) is 5.69. The molecule has 0 aliphatic rings. The highest BCUT2D eigenvalue weighted by Crippen LogP contribution is 2.09. The summed E-state index contributed by atoms with van der Waals surface area (Å²) in [6.45, 7) is 7.67. The number of carbonyl (C=O) groups excluding carboxylic acids is 1. The van der Waals surface area contributed by atoms with E-state index in [1.807, 2.05) is 27.7 Å². The predicted octanol–water partition coefficient (Wildman–Crippen LogP) is 0.824. The molecule has 1 unspecified atom stereocenters. The molecule has 5 nitrogen and oxygen atoms in total. The lowest BCUT2D eigenvalue weighted by Gasteiger charge is -2.32. The van der Waals surface area contributed by atoms with Crippen molar-refractivity contribution in [3.8, 4) is 0 Å². The normalized spacial score (nSPS) is 12.9. The van der Waals surface area contributed by atoms with Gasteiger partial charge in [0.1, 0.15) is 0 Å². The number of carboxylic acid groups (broad SMARTS) is 1. The fourth-order valence-corrected chi connectivity index (χ4v) is 1.70. The molecule has 0 aromatic carbocycles. The molecule has 1 atom stereocenters. The SMILES string of the molecule is CC(C)N(C(=O)C(N)CCC(=O)O)C(C)C. The first-order valence-corrected chi connectivity index (χ1v) is 5.57. The first-order chi connectivity index (χ1) is 7.27. The van der Waals surface area contributed by atoms with Crippen molar-refractivity contribution >= 4 is 11.9 Å². The molecule has 3 N–H and O–H groups in total. The molecule has 1 amide bonds. The number of hydrogen-bond donors (Lipinski definition) is 2. The molecule has 0 aliphatic carbocycles. The van der Waals surface area contributed by atoms with E-state index in [1.165, 1.54) is 0 Å². The number of amides is 1. The average Bonchev–Trinajstić information content (AvgIpc) is 2.12. The quantitative estimate of drug-likeness (QED) is 0.707. The maximum atomic E-state index is 11.9. The molecule has 0 saturated heterocycles. The summed E-state index contributed by atoms with van der Waals surface area (Å²) >= 11 is 0. The zero-order chi connectivity index (χ0) is 12.9. The van der Waals surface area contributed by atoms with Crippen LogP contribution in [0.15, 0.2) is 0 Å². The van der Waals surface area contributed by atoms with Crippen molar-refractivity contribution in [2.24, 2.45) is 5.73 Å². The fraction of sp³-hybridized carbons (Fsp3) is 0.818. The zero-order valence-electron chi connectivity index (χ0n) is 10.4. The van der Waals surface area contributed by atoms with E-state index in [4.69, 9.17) is 10.8 Å². The van der Waals surface area contributed by atoms with Crippen molar-refractivity contribution < 1.29 is 14.7 Å². The third-order valence-electron chi connectivity index (χ3n) is 2.35. The fourth-order valence-electron chi connectivity index (χ4n) is 1.70. The minimum absolute atomic E-state index is 0.0725. The van der Waals surface area contributed by atoms with Gasteiger partial charge >= 0.3 is 5.97 Å². The van der Waals surface area contributed by atoms with E-state index in [1.54, 1.807) is 4.90 Å². The molecule has 16 heavy (non-hydrogen) atoms. The summed E-state index contributed by atoms with van der Waals surface area (Å²) in [7, 11) is 0. The smallest absolute Gasteiger partial charge is 0.303 e. The van der Waals surface area contributed by atoms with Crippen molar-refractivity contribution in [2.75, 3.05) is 0 Å². The Bertz CT molecular complexity index is 244. The van der Waals surface area contributed by atoms with E-state index >= 15 is 0 Å². The Morgan fingerprint density at radius 3 is 1.94 bits per heavy atom. The first-order valence-electron chi connectivity index (χ1n) is 5.57. The largest absolute Gasteiger partial charge is 0.481 e. The molecule has 0 radical (unpaired) electrons. The van der Waals surface area contributed by atoms with Crippen molar-refractivity contribution in [1.82, 2.24) is 4.90 Å². The standard InChI is InChI=1S/C11H22N2O3/c1-7(2)13(8(3)4)11(16)9(12)5-6-10(14)15/h7-9H,5-6,12H2,1-4H3,(H,14,15). The number of nitrogens with zero attached hydrogens (tertiary/aromatic N) is 1. The highest BCUT2D eigenvalue weighted by atomic mass is 16.4. The van der Waals surface area contributed by atoms with Crippen LogP contribution in [0.25, 0.3) is 0 Å². The van der Waals surface area contributed by atoms with Gasteiger partial charge in [-0.1, -0.05) is 0 Å². The van der Waals surface area contributed by atoms with E-state index in [-0.39, 0.29) is 30.8 Å². The molecule has 0 heterocycles. The Labute approximate surface area is 96.6 Å². The van der Waals surface area contributed by atoms with E-state index < -0.39 is 12.0 Å². The Morgan fingerprint density at radius 2 is 1.62 bits per heavy atom. The van der Waals surface area contributed by atoms with Gasteiger partial charge in [-0.15, -0.1) is 0 Å². The lowest BCUT2D eigenvalue weighted by atomic mass is 10.1. The van der Waals surface area contributed by atoms with Gasteiger partial charge in [0.2, 0.25) is 5.91 Å².